The lowest BCUT2D eigenvalue weighted by molar-refractivity contribution is -0.118. The Bertz CT molecular complexity index is 1800. The lowest BCUT2D eigenvalue weighted by atomic mass is 9.78. The summed E-state index contributed by atoms with van der Waals surface area (Å²) in [5.41, 5.74) is 2.06. The fraction of sp³-hybridized carbons (Fsp3) is 0.444. The zero-order chi connectivity index (χ0) is 36.0. The second-order valence-corrected chi connectivity index (χ2v) is 15.3. The number of carbonyl (C=O) groups is 2. The SMILES string of the molecule is COC(=O)N=C(C)C(C(=O)Nc1cccc(F)c1CCCC1CNCC(C)N1S(=O)(=O)C1CC1)C(c1ccc(Cl)cc1)c1ccc(OC)nc1. The van der Waals surface area contributed by atoms with E-state index in [2.05, 4.69) is 20.6 Å². The van der Waals surface area contributed by atoms with Crippen molar-refractivity contribution >= 4 is 45.0 Å². The summed E-state index contributed by atoms with van der Waals surface area (Å²) in [6, 6.07) is 14.5. The molecule has 2 N–H and O–H groups in total. The summed E-state index contributed by atoms with van der Waals surface area (Å²) in [7, 11) is -0.710. The number of sulfonamides is 1. The van der Waals surface area contributed by atoms with Gasteiger partial charge in [0.2, 0.25) is 21.8 Å². The number of benzene rings is 2. The number of hydrogen-bond acceptors (Lipinski definition) is 8. The molecule has 2 aromatic carbocycles. The molecule has 0 radical (unpaired) electrons. The zero-order valence-electron chi connectivity index (χ0n) is 28.6. The van der Waals surface area contributed by atoms with Crippen molar-refractivity contribution < 1.29 is 31.9 Å². The molecule has 1 saturated carbocycles. The second-order valence-electron chi connectivity index (χ2n) is 12.7. The average molecular weight is 728 g/mol. The maximum Gasteiger partial charge on any atom is 0.433 e. The van der Waals surface area contributed by atoms with E-state index >= 15 is 4.39 Å². The van der Waals surface area contributed by atoms with Gasteiger partial charge in [0.05, 0.1) is 25.4 Å². The molecule has 14 heteroatoms. The number of nitrogens with one attached hydrogen (secondary N) is 2. The number of amides is 2. The number of methoxy groups -OCH3 is 2. The molecule has 2 amide bonds. The molecule has 2 fully saturated rings. The molecule has 11 nitrogen and oxygen atoms in total. The normalized spacial score (nSPS) is 19.8. The Kier molecular flexibility index (Phi) is 12.3. The topological polar surface area (TPSA) is 139 Å². The quantitative estimate of drug-likeness (QED) is 0.205. The first-order chi connectivity index (χ1) is 23.9. The summed E-state index contributed by atoms with van der Waals surface area (Å²) in [5, 5.41) is 6.44. The predicted molar refractivity (Wildman–Crippen MR) is 191 cm³/mol. The van der Waals surface area contributed by atoms with Crippen LogP contribution in [0.15, 0.2) is 65.8 Å². The molecule has 4 unspecified atom stereocenters. The van der Waals surface area contributed by atoms with Crippen LogP contribution in [0.1, 0.15) is 62.1 Å². The number of aromatic nitrogens is 1. The Morgan fingerprint density at radius 1 is 1.10 bits per heavy atom. The van der Waals surface area contributed by atoms with Crippen LogP contribution in [0.2, 0.25) is 5.02 Å². The van der Waals surface area contributed by atoms with Crippen molar-refractivity contribution in [3.8, 4) is 5.88 Å². The first-order valence-corrected chi connectivity index (χ1v) is 18.5. The number of anilines is 1. The monoisotopic (exact) mass is 727 g/mol. The molecule has 4 atom stereocenters. The number of ether oxygens (including phenoxy) is 2. The number of carbonyl (C=O) groups excluding carboxylic acids is 2. The van der Waals surface area contributed by atoms with Crippen molar-refractivity contribution in [3.05, 3.63) is 88.3 Å². The standard InChI is InChI=1S/C36H43ClFN5O6S/c1-22-19-39-21-27(43(22)50(46,47)28-16-17-28)7-5-8-29-30(38)9-6-10-31(29)42-35(44)33(23(2)41-36(45)49-4)34(24-11-14-26(37)15-12-24)25-13-18-32(48-3)40-20-25/h6,9-15,18,20,22,27-28,33-34,39H,5,7-8,16-17,19,21H2,1-4H3,(H,42,44). The van der Waals surface area contributed by atoms with Crippen LogP contribution in [0.4, 0.5) is 14.9 Å². The number of nitrogens with zero attached hydrogens (tertiary/aromatic N) is 3. The number of pyridine rings is 1. The highest BCUT2D eigenvalue weighted by molar-refractivity contribution is 7.90. The molecule has 0 spiro atoms. The number of halogens is 2. The molecule has 3 aromatic rings. The maximum atomic E-state index is 15.5. The summed E-state index contributed by atoms with van der Waals surface area (Å²) in [4.78, 5) is 35.2. The summed E-state index contributed by atoms with van der Waals surface area (Å²) in [6.45, 7) is 4.57. The maximum absolute atomic E-state index is 15.5. The van der Waals surface area contributed by atoms with Gasteiger partial charge in [-0.05, 0) is 81.3 Å². The van der Waals surface area contributed by atoms with Gasteiger partial charge < -0.3 is 20.1 Å². The Balaban J connectivity index is 1.44. The molecular formula is C36H43ClFN5O6S. The fourth-order valence-corrected chi connectivity index (χ4v) is 9.04. The van der Waals surface area contributed by atoms with Gasteiger partial charge in [-0.3, -0.25) is 4.79 Å². The third kappa shape index (κ3) is 8.68. The lowest BCUT2D eigenvalue weighted by Gasteiger charge is -2.40. The largest absolute Gasteiger partial charge is 0.481 e. The third-order valence-corrected chi connectivity index (χ3v) is 12.1. The average Bonchev–Trinajstić information content (AvgIpc) is 3.95. The zero-order valence-corrected chi connectivity index (χ0v) is 30.1. The van der Waals surface area contributed by atoms with E-state index in [1.54, 1.807) is 59.9 Å². The molecule has 50 heavy (non-hydrogen) atoms. The highest BCUT2D eigenvalue weighted by Gasteiger charge is 2.45. The first-order valence-electron chi connectivity index (χ1n) is 16.6. The van der Waals surface area contributed by atoms with Crippen molar-refractivity contribution in [3.63, 3.8) is 0 Å². The van der Waals surface area contributed by atoms with Gasteiger partial charge in [0.1, 0.15) is 5.82 Å². The Morgan fingerprint density at radius 2 is 1.82 bits per heavy atom. The summed E-state index contributed by atoms with van der Waals surface area (Å²) >= 11 is 6.21. The summed E-state index contributed by atoms with van der Waals surface area (Å²) < 4.78 is 53.7. The smallest absolute Gasteiger partial charge is 0.433 e. The Morgan fingerprint density at radius 3 is 2.46 bits per heavy atom. The van der Waals surface area contributed by atoms with Crippen LogP contribution in [0.3, 0.4) is 0 Å². The number of rotatable bonds is 13. The molecule has 268 valence electrons. The van der Waals surface area contributed by atoms with Crippen LogP contribution in [0.25, 0.3) is 0 Å². The van der Waals surface area contributed by atoms with Gasteiger partial charge in [0.15, 0.2) is 0 Å². The summed E-state index contributed by atoms with van der Waals surface area (Å²) in [5.74, 6) is -2.43. The van der Waals surface area contributed by atoms with Gasteiger partial charge in [0, 0.05) is 65.3 Å². The van der Waals surface area contributed by atoms with E-state index in [0.717, 1.165) is 0 Å². The van der Waals surface area contributed by atoms with Gasteiger partial charge >= 0.3 is 6.09 Å². The second kappa shape index (κ2) is 16.4. The first kappa shape index (κ1) is 37.3. The minimum absolute atomic E-state index is 0.166. The van der Waals surface area contributed by atoms with Crippen molar-refractivity contribution in [2.24, 2.45) is 10.9 Å². The minimum Gasteiger partial charge on any atom is -0.481 e. The molecule has 1 saturated heterocycles. The lowest BCUT2D eigenvalue weighted by Crippen LogP contribution is -2.58. The van der Waals surface area contributed by atoms with Crippen LogP contribution < -0.4 is 15.4 Å². The van der Waals surface area contributed by atoms with Crippen LogP contribution in [-0.4, -0.2) is 80.1 Å². The molecule has 2 aliphatic rings. The number of piperazine rings is 1. The fourth-order valence-electron chi connectivity index (χ4n) is 6.66. The van der Waals surface area contributed by atoms with Crippen molar-refractivity contribution in [1.82, 2.24) is 14.6 Å². The van der Waals surface area contributed by atoms with Crippen molar-refractivity contribution in [2.75, 3.05) is 32.6 Å². The van der Waals surface area contributed by atoms with E-state index in [4.69, 9.17) is 21.1 Å². The van der Waals surface area contributed by atoms with E-state index in [9.17, 15) is 18.0 Å². The molecule has 1 aliphatic heterocycles. The molecular weight excluding hydrogens is 685 g/mol. The number of hydrogen-bond donors (Lipinski definition) is 2. The summed E-state index contributed by atoms with van der Waals surface area (Å²) in [6.07, 6.45) is 3.33. The van der Waals surface area contributed by atoms with Crippen LogP contribution in [0, 0.1) is 11.7 Å². The van der Waals surface area contributed by atoms with E-state index in [-0.39, 0.29) is 35.2 Å². The van der Waals surface area contributed by atoms with Gasteiger partial charge in [0.25, 0.3) is 0 Å². The molecule has 1 aromatic heterocycles. The molecule has 1 aliphatic carbocycles. The van der Waals surface area contributed by atoms with Crippen LogP contribution in [-0.2, 0) is 26.0 Å². The highest BCUT2D eigenvalue weighted by atomic mass is 35.5. The van der Waals surface area contributed by atoms with Gasteiger partial charge in [-0.1, -0.05) is 35.9 Å². The Hall–Kier alpha value is -3.91. The Labute approximate surface area is 297 Å². The minimum atomic E-state index is -3.40. The third-order valence-electron chi connectivity index (χ3n) is 9.26. The van der Waals surface area contributed by atoms with Crippen LogP contribution >= 0.6 is 11.6 Å². The number of aliphatic imine (C=N–C) groups is 1. The van der Waals surface area contributed by atoms with Gasteiger partial charge in [-0.25, -0.2) is 22.6 Å². The predicted octanol–water partition coefficient (Wildman–Crippen LogP) is 5.97. The molecule has 2 heterocycles. The van der Waals surface area contributed by atoms with Crippen molar-refractivity contribution in [1.29, 1.82) is 0 Å². The highest BCUT2D eigenvalue weighted by Crippen LogP contribution is 2.37. The van der Waals surface area contributed by atoms with E-state index in [0.29, 0.717) is 66.4 Å². The molecule has 0 bridgehead atoms. The van der Waals surface area contributed by atoms with Gasteiger partial charge in [-0.2, -0.15) is 9.30 Å². The van der Waals surface area contributed by atoms with E-state index in [1.807, 2.05) is 6.92 Å². The molecule has 5 rings (SSSR count). The van der Waals surface area contributed by atoms with E-state index in [1.165, 1.54) is 26.4 Å². The van der Waals surface area contributed by atoms with Crippen molar-refractivity contribution in [2.45, 2.75) is 69.2 Å². The van der Waals surface area contributed by atoms with E-state index < -0.39 is 39.7 Å². The van der Waals surface area contributed by atoms with Gasteiger partial charge in [-0.15, -0.1) is 0 Å². The van der Waals surface area contributed by atoms with Crippen LogP contribution in [0.5, 0.6) is 5.88 Å².